The van der Waals surface area contributed by atoms with Gasteiger partial charge < -0.3 is 5.32 Å². The molecule has 15 heavy (non-hydrogen) atoms. The van der Waals surface area contributed by atoms with Crippen molar-refractivity contribution in [3.63, 3.8) is 0 Å². The number of nitrogens with zero attached hydrogens (tertiary/aromatic N) is 1. The first-order valence-corrected chi connectivity index (χ1v) is 5.95. The summed E-state index contributed by atoms with van der Waals surface area (Å²) >= 11 is 5.33. The molecule has 3 heteroatoms. The third-order valence-corrected chi connectivity index (χ3v) is 3.16. The van der Waals surface area contributed by atoms with Crippen LogP contribution in [-0.4, -0.2) is 9.97 Å². The van der Waals surface area contributed by atoms with E-state index in [9.17, 15) is 0 Å². The van der Waals surface area contributed by atoms with E-state index in [0.29, 0.717) is 0 Å². The van der Waals surface area contributed by atoms with Crippen LogP contribution in [0, 0.1) is 5.92 Å². The van der Waals surface area contributed by atoms with Crippen molar-refractivity contribution in [1.29, 1.82) is 0 Å². The Balaban J connectivity index is 1.82. The van der Waals surface area contributed by atoms with E-state index in [1.54, 1.807) is 12.4 Å². The number of anilines is 1. The summed E-state index contributed by atoms with van der Waals surface area (Å²) in [6.45, 7) is 0. The number of thiocarbonyl (C=S) groups is 1. The molecule has 1 aliphatic carbocycles. The zero-order chi connectivity index (χ0) is 10.5. The molecule has 0 aromatic carbocycles. The molecule has 0 unspecified atom stereocenters. The zero-order valence-electron chi connectivity index (χ0n) is 8.78. The normalized spacial score (nSPS) is 16.5. The van der Waals surface area contributed by atoms with E-state index in [2.05, 4.69) is 10.3 Å². The molecule has 1 aromatic rings. The maximum atomic E-state index is 5.33. The maximum Gasteiger partial charge on any atom is 0.0800 e. The Kier molecular flexibility index (Phi) is 3.67. The Hall–Kier alpha value is -0.960. The van der Waals surface area contributed by atoms with Gasteiger partial charge in [-0.05, 0) is 18.1 Å². The summed E-state index contributed by atoms with van der Waals surface area (Å²) < 4.78 is 0. The first-order chi connectivity index (χ1) is 7.34. The minimum atomic E-state index is 0.807. The van der Waals surface area contributed by atoms with Gasteiger partial charge in [-0.15, -0.1) is 0 Å². The lowest BCUT2D eigenvalue weighted by Gasteiger charge is -2.11. The Morgan fingerprint density at radius 2 is 2.27 bits per heavy atom. The molecule has 2 nitrogen and oxygen atoms in total. The van der Waals surface area contributed by atoms with Crippen LogP contribution < -0.4 is 5.32 Å². The molecule has 1 N–H and O–H groups in total. The van der Waals surface area contributed by atoms with Crippen LogP contribution in [0.25, 0.3) is 0 Å². The van der Waals surface area contributed by atoms with E-state index in [1.807, 2.05) is 12.1 Å². The monoisotopic (exact) mass is 220 g/mol. The highest BCUT2D eigenvalue weighted by Crippen LogP contribution is 2.28. The summed E-state index contributed by atoms with van der Waals surface area (Å²) in [7, 11) is 0. The molecule has 1 aromatic heterocycles. The van der Waals surface area contributed by atoms with Crippen LogP contribution >= 0.6 is 12.2 Å². The molecule has 0 amide bonds. The lowest BCUT2D eigenvalue weighted by Crippen LogP contribution is -2.12. The summed E-state index contributed by atoms with van der Waals surface area (Å²) in [6, 6.07) is 3.91. The van der Waals surface area contributed by atoms with Gasteiger partial charge in [-0.2, -0.15) is 0 Å². The lowest BCUT2D eigenvalue weighted by molar-refractivity contribution is 0.575. The van der Waals surface area contributed by atoms with Crippen LogP contribution in [0.3, 0.4) is 0 Å². The van der Waals surface area contributed by atoms with E-state index in [4.69, 9.17) is 12.2 Å². The van der Waals surface area contributed by atoms with E-state index >= 15 is 0 Å². The largest absolute Gasteiger partial charge is 0.349 e. The molecule has 0 aliphatic heterocycles. The smallest absolute Gasteiger partial charge is 0.0800 e. The molecule has 0 spiro atoms. The molecular formula is C12H16N2S. The van der Waals surface area contributed by atoms with Gasteiger partial charge >= 0.3 is 0 Å². The Labute approximate surface area is 96.1 Å². The standard InChI is InChI=1S/C12H16N2S/c15-12(8-10-4-1-2-5-10)14-11-6-3-7-13-9-11/h3,6-7,9-10H,1-2,4-5,8H2,(H,14,15). The van der Waals surface area contributed by atoms with Gasteiger partial charge in [-0.1, -0.05) is 37.9 Å². The minimum Gasteiger partial charge on any atom is -0.349 e. The van der Waals surface area contributed by atoms with Crippen molar-refractivity contribution in [3.8, 4) is 0 Å². The molecule has 0 saturated heterocycles. The number of nitrogens with one attached hydrogen (secondary N) is 1. The first-order valence-electron chi connectivity index (χ1n) is 5.54. The molecule has 80 valence electrons. The van der Waals surface area contributed by atoms with Crippen LogP contribution in [0.5, 0.6) is 0 Å². The third kappa shape index (κ3) is 3.27. The Morgan fingerprint density at radius 3 is 2.93 bits per heavy atom. The number of rotatable bonds is 3. The highest BCUT2D eigenvalue weighted by Gasteiger charge is 2.16. The quantitative estimate of drug-likeness (QED) is 0.790. The van der Waals surface area contributed by atoms with Crippen LogP contribution in [0.1, 0.15) is 32.1 Å². The molecule has 1 heterocycles. The summed E-state index contributed by atoms with van der Waals surface area (Å²) in [5.41, 5.74) is 1.00. The average Bonchev–Trinajstić information content (AvgIpc) is 2.71. The Morgan fingerprint density at radius 1 is 1.47 bits per heavy atom. The van der Waals surface area contributed by atoms with Crippen LogP contribution in [0.4, 0.5) is 5.69 Å². The summed E-state index contributed by atoms with van der Waals surface area (Å²) in [6.07, 6.45) is 10.0. The second-order valence-corrected chi connectivity index (χ2v) is 4.64. The van der Waals surface area contributed by atoms with Crippen molar-refractivity contribution in [2.45, 2.75) is 32.1 Å². The highest BCUT2D eigenvalue weighted by atomic mass is 32.1. The fourth-order valence-corrected chi connectivity index (χ4v) is 2.48. The van der Waals surface area contributed by atoms with Crippen molar-refractivity contribution >= 4 is 22.9 Å². The second kappa shape index (κ2) is 5.21. The van der Waals surface area contributed by atoms with Crippen molar-refractivity contribution < 1.29 is 0 Å². The number of hydrogen-bond donors (Lipinski definition) is 1. The SMILES string of the molecule is S=C(CC1CCCC1)Nc1cccnc1. The van der Waals surface area contributed by atoms with Gasteiger partial charge in [0.2, 0.25) is 0 Å². The van der Waals surface area contributed by atoms with E-state index < -0.39 is 0 Å². The van der Waals surface area contributed by atoms with Gasteiger partial charge in [0.1, 0.15) is 0 Å². The molecule has 2 rings (SSSR count). The fraction of sp³-hybridized carbons (Fsp3) is 0.500. The average molecular weight is 220 g/mol. The first kappa shape index (κ1) is 10.6. The van der Waals surface area contributed by atoms with Gasteiger partial charge in [-0.25, -0.2) is 0 Å². The van der Waals surface area contributed by atoms with Gasteiger partial charge in [0.15, 0.2) is 0 Å². The molecule has 1 fully saturated rings. The molecule has 0 radical (unpaired) electrons. The predicted octanol–water partition coefficient (Wildman–Crippen LogP) is 3.40. The number of pyridine rings is 1. The predicted molar refractivity (Wildman–Crippen MR) is 67.0 cm³/mol. The lowest BCUT2D eigenvalue weighted by atomic mass is 10.0. The third-order valence-electron chi connectivity index (χ3n) is 2.89. The van der Waals surface area contributed by atoms with Gasteiger partial charge in [0.25, 0.3) is 0 Å². The van der Waals surface area contributed by atoms with Gasteiger partial charge in [-0.3, -0.25) is 4.98 Å². The van der Waals surface area contributed by atoms with Crippen molar-refractivity contribution in [3.05, 3.63) is 24.5 Å². The molecular weight excluding hydrogens is 204 g/mol. The summed E-state index contributed by atoms with van der Waals surface area (Å²) in [4.78, 5) is 5.00. The van der Waals surface area contributed by atoms with Crippen molar-refractivity contribution in [2.24, 2.45) is 5.92 Å². The van der Waals surface area contributed by atoms with Crippen LogP contribution in [0.2, 0.25) is 0 Å². The van der Waals surface area contributed by atoms with Crippen LogP contribution in [-0.2, 0) is 0 Å². The fourth-order valence-electron chi connectivity index (χ4n) is 2.13. The van der Waals surface area contributed by atoms with Gasteiger partial charge in [0, 0.05) is 12.6 Å². The highest BCUT2D eigenvalue weighted by molar-refractivity contribution is 7.80. The molecule has 1 saturated carbocycles. The molecule has 0 bridgehead atoms. The van der Waals surface area contributed by atoms with Crippen molar-refractivity contribution in [1.82, 2.24) is 4.98 Å². The number of aromatic nitrogens is 1. The Bertz CT molecular complexity index is 318. The molecule has 1 aliphatic rings. The summed E-state index contributed by atoms with van der Waals surface area (Å²) in [5, 5.41) is 3.24. The van der Waals surface area contributed by atoms with E-state index in [-0.39, 0.29) is 0 Å². The van der Waals surface area contributed by atoms with Crippen LogP contribution in [0.15, 0.2) is 24.5 Å². The van der Waals surface area contributed by atoms with E-state index in [0.717, 1.165) is 23.0 Å². The van der Waals surface area contributed by atoms with Gasteiger partial charge in [0.05, 0.1) is 16.9 Å². The second-order valence-electron chi connectivity index (χ2n) is 4.14. The molecule has 0 atom stereocenters. The topological polar surface area (TPSA) is 24.9 Å². The number of hydrogen-bond acceptors (Lipinski definition) is 2. The maximum absolute atomic E-state index is 5.33. The minimum absolute atomic E-state index is 0.807. The summed E-state index contributed by atoms with van der Waals surface area (Å²) in [5.74, 6) is 0.807. The zero-order valence-corrected chi connectivity index (χ0v) is 9.59. The van der Waals surface area contributed by atoms with E-state index in [1.165, 1.54) is 25.7 Å². The van der Waals surface area contributed by atoms with Crippen molar-refractivity contribution in [2.75, 3.05) is 5.32 Å².